The third kappa shape index (κ3) is 4.35. The average molecular weight is 446 g/mol. The van der Waals surface area contributed by atoms with E-state index in [0.29, 0.717) is 12.0 Å². The van der Waals surface area contributed by atoms with Gasteiger partial charge in [-0.15, -0.1) is 0 Å². The Balaban J connectivity index is 1.30. The molecule has 1 atom stereocenters. The van der Waals surface area contributed by atoms with Gasteiger partial charge in [-0.05, 0) is 61.8 Å². The van der Waals surface area contributed by atoms with Crippen LogP contribution in [-0.2, 0) is 6.18 Å². The minimum Gasteiger partial charge on any atom is -0.370 e. The van der Waals surface area contributed by atoms with Gasteiger partial charge in [0.05, 0.1) is 11.9 Å². The summed E-state index contributed by atoms with van der Waals surface area (Å²) in [4.78, 5) is 12.9. The molecule has 2 saturated heterocycles. The van der Waals surface area contributed by atoms with Gasteiger partial charge in [0, 0.05) is 56.7 Å². The fourth-order valence-electron chi connectivity index (χ4n) is 5.71. The van der Waals surface area contributed by atoms with Gasteiger partial charge in [0.1, 0.15) is 5.69 Å². The number of aromatic nitrogens is 2. The second kappa shape index (κ2) is 8.63. The molecule has 0 aromatic carbocycles. The number of pyridine rings is 2. The molecule has 1 aliphatic carbocycles. The predicted molar refractivity (Wildman–Crippen MR) is 117 cm³/mol. The summed E-state index contributed by atoms with van der Waals surface area (Å²) in [5.41, 5.74) is 1.49. The molecule has 2 aliphatic heterocycles. The van der Waals surface area contributed by atoms with Crippen molar-refractivity contribution < 1.29 is 13.2 Å². The highest BCUT2D eigenvalue weighted by Crippen LogP contribution is 2.41. The molecule has 4 heterocycles. The van der Waals surface area contributed by atoms with Crippen LogP contribution in [0.5, 0.6) is 0 Å². The number of piperidine rings is 1. The molecule has 2 aromatic rings. The maximum Gasteiger partial charge on any atom is 0.433 e. The molecule has 0 radical (unpaired) electrons. The topological polar surface area (TPSA) is 44.3 Å². The van der Waals surface area contributed by atoms with Gasteiger partial charge in [0.25, 0.3) is 0 Å². The van der Waals surface area contributed by atoms with Gasteiger partial charge in [-0.25, -0.2) is 4.98 Å². The van der Waals surface area contributed by atoms with Crippen LogP contribution in [-0.4, -0.2) is 53.1 Å². The van der Waals surface area contributed by atoms with Crippen molar-refractivity contribution in [3.8, 4) is 0 Å². The van der Waals surface area contributed by atoms with E-state index in [4.69, 9.17) is 0 Å². The first-order valence-corrected chi connectivity index (χ1v) is 11.6. The van der Waals surface area contributed by atoms with Gasteiger partial charge in [-0.2, -0.15) is 13.2 Å². The van der Waals surface area contributed by atoms with Crippen LogP contribution in [0.15, 0.2) is 42.9 Å². The summed E-state index contributed by atoms with van der Waals surface area (Å²) in [7, 11) is 0. The molecular formula is C24H30F3N5. The Kier molecular flexibility index (Phi) is 5.84. The van der Waals surface area contributed by atoms with E-state index in [9.17, 15) is 13.2 Å². The van der Waals surface area contributed by atoms with Crippen molar-refractivity contribution in [2.75, 3.05) is 37.6 Å². The second-order valence-electron chi connectivity index (χ2n) is 9.49. The molecule has 1 spiro atoms. The maximum absolute atomic E-state index is 12.8. The average Bonchev–Trinajstić information content (AvgIpc) is 2.79. The zero-order valence-corrected chi connectivity index (χ0v) is 18.2. The molecule has 3 aliphatic rings. The second-order valence-corrected chi connectivity index (χ2v) is 9.49. The van der Waals surface area contributed by atoms with Crippen LogP contribution in [0.1, 0.15) is 49.4 Å². The lowest BCUT2D eigenvalue weighted by molar-refractivity contribution is -0.141. The van der Waals surface area contributed by atoms with Crippen molar-refractivity contribution in [3.63, 3.8) is 0 Å². The van der Waals surface area contributed by atoms with Crippen LogP contribution in [0.2, 0.25) is 0 Å². The van der Waals surface area contributed by atoms with Crippen molar-refractivity contribution in [2.24, 2.45) is 5.92 Å². The summed E-state index contributed by atoms with van der Waals surface area (Å²) in [6, 6.07) is 7.17. The van der Waals surface area contributed by atoms with Crippen LogP contribution >= 0.6 is 0 Å². The SMILES string of the molecule is FC(F)(F)c1ccc(N2CCC(C(c3cccnc3)N3CCNC4(CCC4)C3)CC2)cn1. The molecule has 8 heteroatoms. The van der Waals surface area contributed by atoms with Crippen LogP contribution in [0.25, 0.3) is 0 Å². The minimum atomic E-state index is -4.40. The molecule has 0 amide bonds. The molecule has 5 nitrogen and oxygen atoms in total. The van der Waals surface area contributed by atoms with Crippen molar-refractivity contribution >= 4 is 5.69 Å². The Labute approximate surface area is 187 Å². The van der Waals surface area contributed by atoms with E-state index in [1.165, 1.54) is 31.0 Å². The highest BCUT2D eigenvalue weighted by atomic mass is 19.4. The molecule has 0 bridgehead atoms. The van der Waals surface area contributed by atoms with Crippen LogP contribution < -0.4 is 10.2 Å². The summed E-state index contributed by atoms with van der Waals surface area (Å²) in [5.74, 6) is 0.494. The van der Waals surface area contributed by atoms with E-state index in [1.807, 2.05) is 18.5 Å². The zero-order chi connectivity index (χ0) is 22.2. The number of rotatable bonds is 4. The molecule has 1 saturated carbocycles. The lowest BCUT2D eigenvalue weighted by Crippen LogP contribution is -2.64. The van der Waals surface area contributed by atoms with Gasteiger partial charge < -0.3 is 10.2 Å². The Morgan fingerprint density at radius 1 is 1.06 bits per heavy atom. The Bertz CT molecular complexity index is 890. The number of hydrogen-bond acceptors (Lipinski definition) is 5. The highest BCUT2D eigenvalue weighted by molar-refractivity contribution is 5.45. The van der Waals surface area contributed by atoms with Crippen LogP contribution in [0, 0.1) is 5.92 Å². The number of nitrogens with one attached hydrogen (secondary N) is 1. The van der Waals surface area contributed by atoms with E-state index in [1.54, 1.807) is 6.07 Å². The normalized spacial score (nSPS) is 23.2. The van der Waals surface area contributed by atoms with Gasteiger partial charge in [0.2, 0.25) is 0 Å². The lowest BCUT2D eigenvalue weighted by Gasteiger charge is -2.53. The molecule has 1 unspecified atom stereocenters. The van der Waals surface area contributed by atoms with Gasteiger partial charge >= 0.3 is 6.18 Å². The summed E-state index contributed by atoms with van der Waals surface area (Å²) in [6.45, 7) is 4.78. The van der Waals surface area contributed by atoms with E-state index < -0.39 is 11.9 Å². The number of nitrogens with zero attached hydrogens (tertiary/aromatic N) is 4. The number of alkyl halides is 3. The number of hydrogen-bond donors (Lipinski definition) is 1. The number of piperazine rings is 1. The smallest absolute Gasteiger partial charge is 0.370 e. The maximum atomic E-state index is 12.8. The number of anilines is 1. The zero-order valence-electron chi connectivity index (χ0n) is 18.2. The lowest BCUT2D eigenvalue weighted by atomic mass is 9.74. The van der Waals surface area contributed by atoms with E-state index >= 15 is 0 Å². The van der Waals surface area contributed by atoms with Crippen molar-refractivity contribution in [1.82, 2.24) is 20.2 Å². The molecule has 172 valence electrons. The summed E-state index contributed by atoms with van der Waals surface area (Å²) < 4.78 is 38.5. The molecular weight excluding hydrogens is 415 g/mol. The molecule has 1 N–H and O–H groups in total. The quantitative estimate of drug-likeness (QED) is 0.761. The first kappa shape index (κ1) is 21.6. The largest absolute Gasteiger partial charge is 0.433 e. The molecule has 32 heavy (non-hydrogen) atoms. The summed E-state index contributed by atoms with van der Waals surface area (Å²) in [6.07, 6.45) is 6.60. The van der Waals surface area contributed by atoms with Gasteiger partial charge in [-0.3, -0.25) is 9.88 Å². The monoisotopic (exact) mass is 445 g/mol. The van der Waals surface area contributed by atoms with Crippen LogP contribution in [0.3, 0.4) is 0 Å². The van der Waals surface area contributed by atoms with Crippen LogP contribution in [0.4, 0.5) is 18.9 Å². The number of halogens is 3. The third-order valence-electron chi connectivity index (χ3n) is 7.52. The fourth-order valence-corrected chi connectivity index (χ4v) is 5.71. The molecule has 3 fully saturated rings. The third-order valence-corrected chi connectivity index (χ3v) is 7.52. The van der Waals surface area contributed by atoms with Crippen molar-refractivity contribution in [3.05, 3.63) is 54.1 Å². The predicted octanol–water partition coefficient (Wildman–Crippen LogP) is 4.28. The minimum absolute atomic E-state index is 0.283. The first-order chi connectivity index (χ1) is 15.4. The Morgan fingerprint density at radius 3 is 2.47 bits per heavy atom. The highest BCUT2D eigenvalue weighted by Gasteiger charge is 2.43. The van der Waals surface area contributed by atoms with E-state index in [0.717, 1.165) is 57.3 Å². The van der Waals surface area contributed by atoms with Gasteiger partial charge in [0.15, 0.2) is 0 Å². The van der Waals surface area contributed by atoms with Crippen molar-refractivity contribution in [1.29, 1.82) is 0 Å². The Morgan fingerprint density at radius 2 is 1.88 bits per heavy atom. The van der Waals surface area contributed by atoms with Crippen molar-refractivity contribution in [2.45, 2.75) is 49.9 Å². The molecule has 2 aromatic heterocycles. The summed E-state index contributed by atoms with van der Waals surface area (Å²) >= 11 is 0. The molecule has 5 rings (SSSR count). The fraction of sp³-hybridized carbons (Fsp3) is 0.583. The standard InChI is InChI=1S/C24H30F3N5/c25-24(26,27)21-5-4-20(16-29-21)31-12-6-18(7-13-31)22(19-3-1-10-28-15-19)32-14-11-30-23(17-32)8-2-9-23/h1,3-5,10,15-16,18,22,30H,2,6-9,11-14,17H2. The summed E-state index contributed by atoms with van der Waals surface area (Å²) in [5, 5.41) is 3.76. The van der Waals surface area contributed by atoms with E-state index in [2.05, 4.69) is 31.2 Å². The van der Waals surface area contributed by atoms with Gasteiger partial charge in [-0.1, -0.05) is 6.07 Å². The first-order valence-electron chi connectivity index (χ1n) is 11.6. The van der Waals surface area contributed by atoms with E-state index in [-0.39, 0.29) is 5.54 Å². The Hall–Kier alpha value is -2.19.